The lowest BCUT2D eigenvalue weighted by Crippen LogP contribution is -2.39. The molecule has 0 aliphatic heterocycles. The van der Waals surface area contributed by atoms with Gasteiger partial charge in [0.15, 0.2) is 11.2 Å². The number of allylic oxidation sites excluding steroid dienone is 4. The third kappa shape index (κ3) is 3.67. The van der Waals surface area contributed by atoms with Crippen LogP contribution in [0.3, 0.4) is 0 Å². The summed E-state index contributed by atoms with van der Waals surface area (Å²) in [6.45, 7) is 5.26. The standard InChI is InChI=1S/C18H24ClFN4O2/c1-5-7-8-14(19)13(10-20)11-24-12(3)21-16-15(24)17(25)23(9-6-2)18(26)22(16)4/h7-8H,5-6,9-11H2,1-4H3/b8-7-,14-13-. The zero-order chi connectivity index (χ0) is 19.4. The molecule has 26 heavy (non-hydrogen) atoms. The third-order valence-corrected chi connectivity index (χ3v) is 4.61. The average molecular weight is 383 g/mol. The van der Waals surface area contributed by atoms with Gasteiger partial charge in [0, 0.05) is 25.2 Å². The molecular weight excluding hydrogens is 359 g/mol. The molecule has 142 valence electrons. The molecule has 6 nitrogen and oxygen atoms in total. The second-order valence-electron chi connectivity index (χ2n) is 6.11. The molecule has 0 aliphatic rings. The van der Waals surface area contributed by atoms with Gasteiger partial charge < -0.3 is 4.57 Å². The Balaban J connectivity index is 2.72. The van der Waals surface area contributed by atoms with E-state index in [2.05, 4.69) is 4.98 Å². The second-order valence-corrected chi connectivity index (χ2v) is 6.52. The molecular formula is C18H24ClFN4O2. The number of aryl methyl sites for hydroxylation is 2. The zero-order valence-corrected chi connectivity index (χ0v) is 16.3. The molecule has 0 N–H and O–H groups in total. The Morgan fingerprint density at radius 3 is 2.54 bits per heavy atom. The summed E-state index contributed by atoms with van der Waals surface area (Å²) in [6, 6.07) is 0. The fourth-order valence-electron chi connectivity index (χ4n) is 2.81. The summed E-state index contributed by atoms with van der Waals surface area (Å²) < 4.78 is 17.7. The lowest BCUT2D eigenvalue weighted by Gasteiger charge is -2.11. The maximum Gasteiger partial charge on any atom is 0.332 e. The average Bonchev–Trinajstić information content (AvgIpc) is 2.95. The second kappa shape index (κ2) is 8.49. The number of hydrogen-bond acceptors (Lipinski definition) is 3. The van der Waals surface area contributed by atoms with Gasteiger partial charge in [-0.25, -0.2) is 14.2 Å². The van der Waals surface area contributed by atoms with E-state index < -0.39 is 17.9 Å². The Kier molecular flexibility index (Phi) is 6.58. The van der Waals surface area contributed by atoms with E-state index in [0.717, 1.165) is 6.42 Å². The van der Waals surface area contributed by atoms with Crippen LogP contribution in [0.5, 0.6) is 0 Å². The van der Waals surface area contributed by atoms with Crippen molar-refractivity contribution in [1.82, 2.24) is 18.7 Å². The summed E-state index contributed by atoms with van der Waals surface area (Å²) in [5.41, 5.74) is 0.119. The highest BCUT2D eigenvalue weighted by atomic mass is 35.5. The van der Waals surface area contributed by atoms with E-state index in [1.165, 1.54) is 9.13 Å². The van der Waals surface area contributed by atoms with Crippen molar-refractivity contribution in [1.29, 1.82) is 0 Å². The largest absolute Gasteiger partial charge is 0.332 e. The van der Waals surface area contributed by atoms with Gasteiger partial charge in [-0.2, -0.15) is 0 Å². The van der Waals surface area contributed by atoms with Crippen LogP contribution in [0.1, 0.15) is 32.5 Å². The maximum absolute atomic E-state index is 13.6. The predicted octanol–water partition coefficient (Wildman–Crippen LogP) is 3.04. The van der Waals surface area contributed by atoms with Crippen molar-refractivity contribution in [3.8, 4) is 0 Å². The van der Waals surface area contributed by atoms with Crippen molar-refractivity contribution in [3.63, 3.8) is 0 Å². The van der Waals surface area contributed by atoms with Crippen molar-refractivity contribution in [2.45, 2.75) is 46.7 Å². The minimum atomic E-state index is -0.735. The number of hydrogen-bond donors (Lipinski definition) is 0. The topological polar surface area (TPSA) is 61.8 Å². The highest BCUT2D eigenvalue weighted by molar-refractivity contribution is 6.31. The van der Waals surface area contributed by atoms with Crippen LogP contribution in [0, 0.1) is 6.92 Å². The van der Waals surface area contributed by atoms with Gasteiger partial charge in [0.1, 0.15) is 12.5 Å². The summed E-state index contributed by atoms with van der Waals surface area (Å²) in [4.78, 5) is 29.6. The minimum absolute atomic E-state index is 0.102. The Morgan fingerprint density at radius 2 is 1.96 bits per heavy atom. The van der Waals surface area contributed by atoms with E-state index in [9.17, 15) is 14.0 Å². The zero-order valence-electron chi connectivity index (χ0n) is 15.6. The molecule has 0 radical (unpaired) electrons. The van der Waals surface area contributed by atoms with Gasteiger partial charge in [-0.15, -0.1) is 0 Å². The monoisotopic (exact) mass is 382 g/mol. The number of nitrogens with zero attached hydrogens (tertiary/aromatic N) is 4. The minimum Gasteiger partial charge on any atom is -0.318 e. The van der Waals surface area contributed by atoms with Crippen molar-refractivity contribution in [3.05, 3.63) is 49.4 Å². The molecule has 2 rings (SSSR count). The Hall–Kier alpha value is -2.15. The van der Waals surface area contributed by atoms with Crippen LogP contribution in [0.25, 0.3) is 11.2 Å². The SMILES string of the molecule is CC/C=C\C(Cl)=C(/CF)Cn1c(C)nc2c1c(=O)n(CCC)c(=O)n2C. The summed E-state index contributed by atoms with van der Waals surface area (Å²) in [6.07, 6.45) is 4.94. The van der Waals surface area contributed by atoms with Gasteiger partial charge in [-0.3, -0.25) is 13.9 Å². The van der Waals surface area contributed by atoms with E-state index in [1.54, 1.807) is 24.6 Å². The smallest absolute Gasteiger partial charge is 0.318 e. The van der Waals surface area contributed by atoms with E-state index >= 15 is 0 Å². The fraction of sp³-hybridized carbons (Fsp3) is 0.500. The van der Waals surface area contributed by atoms with Crippen LogP contribution in [0.2, 0.25) is 0 Å². The number of imidazole rings is 1. The molecule has 0 amide bonds. The first kappa shape index (κ1) is 20.2. The fourth-order valence-corrected chi connectivity index (χ4v) is 3.01. The van der Waals surface area contributed by atoms with Crippen LogP contribution in [-0.2, 0) is 20.1 Å². The molecule has 0 saturated heterocycles. The first-order chi connectivity index (χ1) is 12.4. The summed E-state index contributed by atoms with van der Waals surface area (Å²) in [5.74, 6) is 0.524. The first-order valence-electron chi connectivity index (χ1n) is 8.63. The Morgan fingerprint density at radius 1 is 1.27 bits per heavy atom. The third-order valence-electron chi connectivity index (χ3n) is 4.22. The van der Waals surface area contributed by atoms with Crippen molar-refractivity contribution in [2.24, 2.45) is 7.05 Å². The normalized spacial score (nSPS) is 13.0. The highest BCUT2D eigenvalue weighted by Gasteiger charge is 2.19. The molecule has 0 unspecified atom stereocenters. The van der Waals surface area contributed by atoms with E-state index in [4.69, 9.17) is 11.6 Å². The first-order valence-corrected chi connectivity index (χ1v) is 9.01. The van der Waals surface area contributed by atoms with E-state index in [1.807, 2.05) is 19.9 Å². The van der Waals surface area contributed by atoms with Crippen LogP contribution in [0.4, 0.5) is 4.39 Å². The molecule has 8 heteroatoms. The molecule has 0 saturated carbocycles. The van der Waals surface area contributed by atoms with Crippen LogP contribution in [-0.4, -0.2) is 25.4 Å². The summed E-state index contributed by atoms with van der Waals surface area (Å²) >= 11 is 6.20. The van der Waals surface area contributed by atoms with Crippen molar-refractivity contribution < 1.29 is 4.39 Å². The molecule has 0 fully saturated rings. The molecule has 2 aromatic rings. The van der Waals surface area contributed by atoms with Gasteiger partial charge in [0.25, 0.3) is 5.56 Å². The lowest BCUT2D eigenvalue weighted by molar-refractivity contribution is 0.520. The van der Waals surface area contributed by atoms with Gasteiger partial charge in [0.2, 0.25) is 0 Å². The van der Waals surface area contributed by atoms with Crippen molar-refractivity contribution >= 4 is 22.8 Å². The maximum atomic E-state index is 13.6. The predicted molar refractivity (Wildman–Crippen MR) is 103 cm³/mol. The molecule has 0 bridgehead atoms. The van der Waals surface area contributed by atoms with Gasteiger partial charge in [-0.1, -0.05) is 31.5 Å². The quantitative estimate of drug-likeness (QED) is 0.691. The summed E-state index contributed by atoms with van der Waals surface area (Å²) in [5, 5.41) is 0.314. The van der Waals surface area contributed by atoms with Crippen LogP contribution < -0.4 is 11.2 Å². The lowest BCUT2D eigenvalue weighted by atomic mass is 10.2. The van der Waals surface area contributed by atoms with Crippen molar-refractivity contribution in [2.75, 3.05) is 6.67 Å². The molecule has 0 atom stereocenters. The van der Waals surface area contributed by atoms with Crippen LogP contribution in [0.15, 0.2) is 32.3 Å². The molecule has 2 heterocycles. The molecule has 2 aromatic heterocycles. The van der Waals surface area contributed by atoms with Gasteiger partial charge in [0.05, 0.1) is 0 Å². The highest BCUT2D eigenvalue weighted by Crippen LogP contribution is 2.18. The Labute approximate surface area is 156 Å². The molecule has 0 aliphatic carbocycles. The summed E-state index contributed by atoms with van der Waals surface area (Å²) in [7, 11) is 1.58. The van der Waals surface area contributed by atoms with Gasteiger partial charge >= 0.3 is 5.69 Å². The molecule has 0 aromatic carbocycles. The number of alkyl halides is 1. The number of halogens is 2. The Bertz CT molecular complexity index is 982. The van der Waals surface area contributed by atoms with E-state index in [-0.39, 0.29) is 12.1 Å². The number of rotatable bonds is 7. The number of fused-ring (bicyclic) bond motifs is 1. The van der Waals surface area contributed by atoms with E-state index in [0.29, 0.717) is 35.0 Å². The molecule has 0 spiro atoms. The number of aromatic nitrogens is 4. The van der Waals surface area contributed by atoms with Gasteiger partial charge in [-0.05, 0) is 31.4 Å². The van der Waals surface area contributed by atoms with Crippen LogP contribution >= 0.6 is 11.6 Å².